The van der Waals surface area contributed by atoms with Crippen molar-refractivity contribution in [2.75, 3.05) is 7.05 Å². The van der Waals surface area contributed by atoms with Crippen molar-refractivity contribution in [1.29, 1.82) is 0 Å². The lowest BCUT2D eigenvalue weighted by Gasteiger charge is -2.14. The molecule has 2 aromatic heterocycles. The predicted molar refractivity (Wildman–Crippen MR) is 107 cm³/mol. The number of fused-ring (bicyclic) bond motifs is 1. The first kappa shape index (κ1) is 17.9. The summed E-state index contributed by atoms with van der Waals surface area (Å²) in [7, 11) is 3.63. The third-order valence-corrected chi connectivity index (χ3v) is 4.84. The second-order valence-corrected chi connectivity index (χ2v) is 7.01. The van der Waals surface area contributed by atoms with Crippen molar-refractivity contribution in [3.63, 3.8) is 0 Å². The molecule has 0 unspecified atom stereocenters. The molecular formula is C21H22N6O. The lowest BCUT2D eigenvalue weighted by Crippen LogP contribution is -2.26. The van der Waals surface area contributed by atoms with E-state index in [1.807, 2.05) is 38.4 Å². The van der Waals surface area contributed by atoms with Crippen LogP contribution in [-0.4, -0.2) is 42.6 Å². The highest BCUT2D eigenvalue weighted by atomic mass is 16.2. The SMILES string of the molecule is Cc1nn(C)cc1CN(C)C(=O)c1cn(Cc2cccc3ccccc23)nn1. The summed E-state index contributed by atoms with van der Waals surface area (Å²) in [6, 6.07) is 14.4. The Bertz CT molecular complexity index is 1140. The van der Waals surface area contributed by atoms with E-state index in [2.05, 4.69) is 39.7 Å². The maximum absolute atomic E-state index is 12.7. The van der Waals surface area contributed by atoms with Gasteiger partial charge in [-0.15, -0.1) is 5.10 Å². The topological polar surface area (TPSA) is 68.8 Å². The Morgan fingerprint density at radius 2 is 1.86 bits per heavy atom. The molecule has 0 radical (unpaired) electrons. The fourth-order valence-corrected chi connectivity index (χ4v) is 3.41. The number of nitrogens with zero attached hydrogens (tertiary/aromatic N) is 6. The van der Waals surface area contributed by atoms with Gasteiger partial charge in [-0.05, 0) is 23.3 Å². The smallest absolute Gasteiger partial charge is 0.276 e. The van der Waals surface area contributed by atoms with Crippen LogP contribution in [0, 0.1) is 6.92 Å². The van der Waals surface area contributed by atoms with Crippen LogP contribution in [0.2, 0.25) is 0 Å². The van der Waals surface area contributed by atoms with Gasteiger partial charge in [-0.3, -0.25) is 9.48 Å². The summed E-state index contributed by atoms with van der Waals surface area (Å²) < 4.78 is 3.46. The molecule has 0 N–H and O–H groups in total. The third-order valence-electron chi connectivity index (χ3n) is 4.84. The van der Waals surface area contributed by atoms with Crippen molar-refractivity contribution in [2.45, 2.75) is 20.0 Å². The van der Waals surface area contributed by atoms with E-state index in [9.17, 15) is 4.79 Å². The molecule has 142 valence electrons. The molecule has 0 aliphatic carbocycles. The number of carbonyl (C=O) groups is 1. The van der Waals surface area contributed by atoms with E-state index in [0.717, 1.165) is 16.8 Å². The third kappa shape index (κ3) is 3.51. The minimum absolute atomic E-state index is 0.160. The summed E-state index contributed by atoms with van der Waals surface area (Å²) in [5.41, 5.74) is 3.41. The number of carbonyl (C=O) groups excluding carboxylic acids is 1. The lowest BCUT2D eigenvalue weighted by molar-refractivity contribution is 0.0779. The Hall–Kier alpha value is -3.48. The van der Waals surface area contributed by atoms with Crippen LogP contribution >= 0.6 is 0 Å². The minimum atomic E-state index is -0.160. The monoisotopic (exact) mass is 374 g/mol. The molecule has 0 aliphatic heterocycles. The molecule has 1 amide bonds. The molecule has 2 aromatic carbocycles. The molecule has 4 rings (SSSR count). The van der Waals surface area contributed by atoms with Gasteiger partial charge in [-0.1, -0.05) is 47.7 Å². The molecule has 0 saturated heterocycles. The minimum Gasteiger partial charge on any atom is -0.336 e. The van der Waals surface area contributed by atoms with Gasteiger partial charge < -0.3 is 4.90 Å². The van der Waals surface area contributed by atoms with Gasteiger partial charge >= 0.3 is 0 Å². The Balaban J connectivity index is 1.50. The van der Waals surface area contributed by atoms with Crippen LogP contribution in [0.5, 0.6) is 0 Å². The molecule has 7 nitrogen and oxygen atoms in total. The highest BCUT2D eigenvalue weighted by Crippen LogP contribution is 2.19. The summed E-state index contributed by atoms with van der Waals surface area (Å²) in [5.74, 6) is -0.160. The van der Waals surface area contributed by atoms with Crippen LogP contribution in [0.25, 0.3) is 10.8 Å². The van der Waals surface area contributed by atoms with Gasteiger partial charge in [-0.25, -0.2) is 4.68 Å². The summed E-state index contributed by atoms with van der Waals surface area (Å²) >= 11 is 0. The van der Waals surface area contributed by atoms with Crippen LogP contribution < -0.4 is 0 Å². The highest BCUT2D eigenvalue weighted by molar-refractivity contribution is 5.91. The fourth-order valence-electron chi connectivity index (χ4n) is 3.41. The van der Waals surface area contributed by atoms with E-state index in [1.165, 1.54) is 10.8 Å². The first-order valence-corrected chi connectivity index (χ1v) is 9.12. The summed E-state index contributed by atoms with van der Waals surface area (Å²) in [5, 5.41) is 14.9. The first-order valence-electron chi connectivity index (χ1n) is 9.12. The second-order valence-electron chi connectivity index (χ2n) is 7.01. The quantitative estimate of drug-likeness (QED) is 0.539. The van der Waals surface area contributed by atoms with E-state index in [4.69, 9.17) is 0 Å². The zero-order valence-corrected chi connectivity index (χ0v) is 16.2. The Morgan fingerprint density at radius 1 is 1.07 bits per heavy atom. The number of aromatic nitrogens is 5. The fraction of sp³-hybridized carbons (Fsp3) is 0.238. The standard InChI is InChI=1S/C21H22N6O/c1-15-18(12-26(3)23-15)11-25(2)21(28)20-14-27(24-22-20)13-17-9-6-8-16-7-4-5-10-19(16)17/h4-10,12,14H,11,13H2,1-3H3. The number of amides is 1. The Morgan fingerprint density at radius 3 is 2.64 bits per heavy atom. The molecule has 0 aliphatic rings. The summed E-state index contributed by atoms with van der Waals surface area (Å²) in [6.45, 7) is 2.98. The van der Waals surface area contributed by atoms with Gasteiger partial charge in [0.1, 0.15) is 0 Å². The van der Waals surface area contributed by atoms with Gasteiger partial charge in [0, 0.05) is 32.4 Å². The highest BCUT2D eigenvalue weighted by Gasteiger charge is 2.18. The molecule has 28 heavy (non-hydrogen) atoms. The van der Waals surface area contributed by atoms with E-state index in [1.54, 1.807) is 27.5 Å². The van der Waals surface area contributed by atoms with E-state index < -0.39 is 0 Å². The average Bonchev–Trinajstić information content (AvgIpc) is 3.27. The van der Waals surface area contributed by atoms with Crippen molar-refractivity contribution in [3.05, 3.63) is 77.4 Å². The van der Waals surface area contributed by atoms with Crippen molar-refractivity contribution < 1.29 is 4.79 Å². The van der Waals surface area contributed by atoms with Gasteiger partial charge in [0.2, 0.25) is 0 Å². The molecule has 0 saturated carbocycles. The zero-order valence-electron chi connectivity index (χ0n) is 16.2. The van der Waals surface area contributed by atoms with E-state index in [0.29, 0.717) is 18.8 Å². The number of hydrogen-bond donors (Lipinski definition) is 0. The van der Waals surface area contributed by atoms with Crippen molar-refractivity contribution in [2.24, 2.45) is 7.05 Å². The molecule has 2 heterocycles. The largest absolute Gasteiger partial charge is 0.336 e. The summed E-state index contributed by atoms with van der Waals surface area (Å²) in [4.78, 5) is 14.4. The van der Waals surface area contributed by atoms with Crippen molar-refractivity contribution in [1.82, 2.24) is 29.7 Å². The number of aryl methyl sites for hydroxylation is 2. The van der Waals surface area contributed by atoms with E-state index >= 15 is 0 Å². The summed E-state index contributed by atoms with van der Waals surface area (Å²) in [6.07, 6.45) is 3.63. The molecule has 0 spiro atoms. The molecule has 0 bridgehead atoms. The van der Waals surface area contributed by atoms with Gasteiger partial charge in [0.15, 0.2) is 5.69 Å². The molecule has 4 aromatic rings. The lowest BCUT2D eigenvalue weighted by atomic mass is 10.0. The Kier molecular flexibility index (Phi) is 4.65. The Labute approximate surface area is 163 Å². The van der Waals surface area contributed by atoms with Crippen LogP contribution in [0.15, 0.2) is 54.9 Å². The number of rotatable bonds is 5. The normalized spacial score (nSPS) is 11.1. The number of benzene rings is 2. The van der Waals surface area contributed by atoms with Crippen LogP contribution in [0.3, 0.4) is 0 Å². The second kappa shape index (κ2) is 7.26. The van der Waals surface area contributed by atoms with Crippen molar-refractivity contribution in [3.8, 4) is 0 Å². The van der Waals surface area contributed by atoms with Crippen LogP contribution in [-0.2, 0) is 20.1 Å². The maximum atomic E-state index is 12.7. The average molecular weight is 374 g/mol. The maximum Gasteiger partial charge on any atom is 0.276 e. The molecular weight excluding hydrogens is 352 g/mol. The first-order chi connectivity index (χ1) is 13.5. The van der Waals surface area contributed by atoms with Crippen LogP contribution in [0.1, 0.15) is 27.3 Å². The molecule has 7 heteroatoms. The molecule has 0 fully saturated rings. The van der Waals surface area contributed by atoms with Gasteiger partial charge in [0.25, 0.3) is 5.91 Å². The van der Waals surface area contributed by atoms with Crippen LogP contribution in [0.4, 0.5) is 0 Å². The van der Waals surface area contributed by atoms with Crippen molar-refractivity contribution >= 4 is 16.7 Å². The van der Waals surface area contributed by atoms with Gasteiger partial charge in [0.05, 0.1) is 18.4 Å². The predicted octanol–water partition coefficient (Wildman–Crippen LogP) is 2.79. The van der Waals surface area contributed by atoms with E-state index in [-0.39, 0.29) is 5.91 Å². The van der Waals surface area contributed by atoms with Gasteiger partial charge in [-0.2, -0.15) is 5.10 Å². The molecule has 0 atom stereocenters. The zero-order chi connectivity index (χ0) is 19.7. The number of hydrogen-bond acceptors (Lipinski definition) is 4.